The molecule has 0 radical (unpaired) electrons. The predicted molar refractivity (Wildman–Crippen MR) is 82.3 cm³/mol. The standard InChI is InChI=1S/C15H25N3O2/c1-4-19-11-10-17-15(16-3)18-12-13-8-6-7-9-14(13)20-5-2/h6-9H,4-5,10-12H2,1-3H3,(H2,16,17,18). The highest BCUT2D eigenvalue weighted by molar-refractivity contribution is 5.79. The number of benzene rings is 1. The van der Waals surface area contributed by atoms with Gasteiger partial charge in [-0.25, -0.2) is 0 Å². The first kappa shape index (κ1) is 16.3. The van der Waals surface area contributed by atoms with Crippen LogP contribution in [0.2, 0.25) is 0 Å². The molecule has 0 aliphatic rings. The molecule has 112 valence electrons. The van der Waals surface area contributed by atoms with Gasteiger partial charge in [0.1, 0.15) is 5.75 Å². The molecule has 0 heterocycles. The SMILES string of the molecule is CCOCCNC(=NC)NCc1ccccc1OCC. The van der Waals surface area contributed by atoms with Crippen LogP contribution in [-0.4, -0.2) is 39.4 Å². The predicted octanol–water partition coefficient (Wildman–Crippen LogP) is 1.79. The molecule has 0 fully saturated rings. The number of aliphatic imine (C=N–C) groups is 1. The fraction of sp³-hybridized carbons (Fsp3) is 0.533. The molecular formula is C15H25N3O2. The van der Waals surface area contributed by atoms with Crippen LogP contribution in [0.5, 0.6) is 5.75 Å². The van der Waals surface area contributed by atoms with Gasteiger partial charge >= 0.3 is 0 Å². The van der Waals surface area contributed by atoms with Gasteiger partial charge in [-0.3, -0.25) is 4.99 Å². The molecule has 0 unspecified atom stereocenters. The lowest BCUT2D eigenvalue weighted by Crippen LogP contribution is -2.38. The molecular weight excluding hydrogens is 254 g/mol. The summed E-state index contributed by atoms with van der Waals surface area (Å²) in [6.07, 6.45) is 0. The summed E-state index contributed by atoms with van der Waals surface area (Å²) in [4.78, 5) is 4.17. The maximum Gasteiger partial charge on any atom is 0.191 e. The van der Waals surface area contributed by atoms with Gasteiger partial charge in [0.15, 0.2) is 5.96 Å². The van der Waals surface area contributed by atoms with Crippen molar-refractivity contribution in [3.8, 4) is 5.75 Å². The van der Waals surface area contributed by atoms with Crippen LogP contribution in [0.3, 0.4) is 0 Å². The highest BCUT2D eigenvalue weighted by Crippen LogP contribution is 2.17. The van der Waals surface area contributed by atoms with Gasteiger partial charge in [-0.2, -0.15) is 0 Å². The van der Waals surface area contributed by atoms with Gasteiger partial charge in [0.2, 0.25) is 0 Å². The number of nitrogens with one attached hydrogen (secondary N) is 2. The molecule has 1 aromatic rings. The Morgan fingerprint density at radius 3 is 2.65 bits per heavy atom. The number of rotatable bonds is 8. The maximum atomic E-state index is 5.60. The normalized spacial score (nSPS) is 11.2. The Morgan fingerprint density at radius 2 is 1.95 bits per heavy atom. The lowest BCUT2D eigenvalue weighted by molar-refractivity contribution is 0.152. The van der Waals surface area contributed by atoms with E-state index < -0.39 is 0 Å². The number of guanidine groups is 1. The van der Waals surface area contributed by atoms with Gasteiger partial charge in [-0.15, -0.1) is 0 Å². The summed E-state index contributed by atoms with van der Waals surface area (Å²) < 4.78 is 10.9. The Hall–Kier alpha value is -1.75. The first-order chi connectivity index (χ1) is 9.81. The molecule has 0 atom stereocenters. The van der Waals surface area contributed by atoms with Crippen LogP contribution in [0.4, 0.5) is 0 Å². The first-order valence-electron chi connectivity index (χ1n) is 7.04. The molecule has 0 saturated carbocycles. The second kappa shape index (κ2) is 10.1. The van der Waals surface area contributed by atoms with Crippen molar-refractivity contribution in [1.82, 2.24) is 10.6 Å². The third-order valence-electron chi connectivity index (χ3n) is 2.69. The summed E-state index contributed by atoms with van der Waals surface area (Å²) in [5, 5.41) is 6.46. The molecule has 1 aromatic carbocycles. The van der Waals surface area contributed by atoms with E-state index in [1.165, 1.54) is 0 Å². The summed E-state index contributed by atoms with van der Waals surface area (Å²) in [7, 11) is 1.75. The van der Waals surface area contributed by atoms with Crippen LogP contribution < -0.4 is 15.4 Å². The van der Waals surface area contributed by atoms with Crippen molar-refractivity contribution in [2.45, 2.75) is 20.4 Å². The molecule has 0 spiro atoms. The molecule has 2 N–H and O–H groups in total. The lowest BCUT2D eigenvalue weighted by Gasteiger charge is -2.14. The minimum absolute atomic E-state index is 0.665. The Labute approximate surface area is 121 Å². The van der Waals surface area contributed by atoms with E-state index in [9.17, 15) is 0 Å². The van der Waals surface area contributed by atoms with E-state index in [-0.39, 0.29) is 0 Å². The Kier molecular flexibility index (Phi) is 8.22. The molecule has 0 aromatic heterocycles. The monoisotopic (exact) mass is 279 g/mol. The molecule has 0 aliphatic heterocycles. The zero-order chi connectivity index (χ0) is 14.6. The summed E-state index contributed by atoms with van der Waals surface area (Å²) in [5.74, 6) is 1.67. The molecule has 5 heteroatoms. The molecule has 5 nitrogen and oxygen atoms in total. The summed E-state index contributed by atoms with van der Waals surface area (Å²) >= 11 is 0. The largest absolute Gasteiger partial charge is 0.494 e. The number of hydrogen-bond donors (Lipinski definition) is 2. The highest BCUT2D eigenvalue weighted by atomic mass is 16.5. The lowest BCUT2D eigenvalue weighted by atomic mass is 10.2. The zero-order valence-electron chi connectivity index (χ0n) is 12.6. The number of nitrogens with zero attached hydrogens (tertiary/aromatic N) is 1. The van der Waals surface area contributed by atoms with Crippen LogP contribution in [0.15, 0.2) is 29.3 Å². The van der Waals surface area contributed by atoms with Gasteiger partial charge in [-0.1, -0.05) is 18.2 Å². The van der Waals surface area contributed by atoms with Crippen molar-refractivity contribution >= 4 is 5.96 Å². The van der Waals surface area contributed by atoms with E-state index in [0.29, 0.717) is 19.8 Å². The molecule has 0 saturated heterocycles. The van der Waals surface area contributed by atoms with Crippen LogP contribution >= 0.6 is 0 Å². The Balaban J connectivity index is 2.44. The second-order valence-electron chi connectivity index (χ2n) is 4.09. The van der Waals surface area contributed by atoms with Crippen LogP contribution in [0.25, 0.3) is 0 Å². The topological polar surface area (TPSA) is 54.9 Å². The van der Waals surface area contributed by atoms with E-state index >= 15 is 0 Å². The van der Waals surface area contributed by atoms with Gasteiger partial charge in [0.05, 0.1) is 13.2 Å². The summed E-state index contributed by atoms with van der Waals surface area (Å²) in [6, 6.07) is 8.01. The summed E-state index contributed by atoms with van der Waals surface area (Å²) in [5.41, 5.74) is 1.11. The molecule has 1 rings (SSSR count). The number of para-hydroxylation sites is 1. The summed E-state index contributed by atoms with van der Waals surface area (Å²) in [6.45, 7) is 7.45. The quantitative estimate of drug-likeness (QED) is 0.433. The van der Waals surface area contributed by atoms with Gasteiger partial charge in [0, 0.05) is 32.3 Å². The molecule has 0 amide bonds. The Bertz CT molecular complexity index is 408. The molecule has 0 bridgehead atoms. The van der Waals surface area contributed by atoms with Gasteiger partial charge in [-0.05, 0) is 19.9 Å². The first-order valence-corrected chi connectivity index (χ1v) is 7.04. The van der Waals surface area contributed by atoms with Crippen molar-refractivity contribution in [2.24, 2.45) is 4.99 Å². The van der Waals surface area contributed by atoms with Gasteiger partial charge in [0.25, 0.3) is 0 Å². The maximum absolute atomic E-state index is 5.60. The minimum Gasteiger partial charge on any atom is -0.494 e. The average molecular weight is 279 g/mol. The van der Waals surface area contributed by atoms with Crippen LogP contribution in [0, 0.1) is 0 Å². The van der Waals surface area contributed by atoms with Crippen molar-refractivity contribution in [3.63, 3.8) is 0 Å². The van der Waals surface area contributed by atoms with Crippen molar-refractivity contribution in [2.75, 3.05) is 33.4 Å². The average Bonchev–Trinajstić information content (AvgIpc) is 2.48. The second-order valence-corrected chi connectivity index (χ2v) is 4.09. The van der Waals surface area contributed by atoms with E-state index in [1.54, 1.807) is 7.05 Å². The van der Waals surface area contributed by atoms with E-state index in [2.05, 4.69) is 15.6 Å². The fourth-order valence-corrected chi connectivity index (χ4v) is 1.73. The molecule has 20 heavy (non-hydrogen) atoms. The van der Waals surface area contributed by atoms with E-state index in [0.717, 1.165) is 30.4 Å². The van der Waals surface area contributed by atoms with Crippen molar-refractivity contribution < 1.29 is 9.47 Å². The number of hydrogen-bond acceptors (Lipinski definition) is 3. The van der Waals surface area contributed by atoms with Crippen LogP contribution in [-0.2, 0) is 11.3 Å². The minimum atomic E-state index is 0.665. The third kappa shape index (κ3) is 5.93. The van der Waals surface area contributed by atoms with Gasteiger partial charge < -0.3 is 20.1 Å². The number of ether oxygens (including phenoxy) is 2. The van der Waals surface area contributed by atoms with Crippen molar-refractivity contribution in [3.05, 3.63) is 29.8 Å². The molecule has 0 aliphatic carbocycles. The van der Waals surface area contributed by atoms with Crippen molar-refractivity contribution in [1.29, 1.82) is 0 Å². The highest BCUT2D eigenvalue weighted by Gasteiger charge is 2.03. The zero-order valence-corrected chi connectivity index (χ0v) is 12.6. The van der Waals surface area contributed by atoms with E-state index in [1.807, 2.05) is 38.1 Å². The Morgan fingerprint density at radius 1 is 1.15 bits per heavy atom. The van der Waals surface area contributed by atoms with Crippen LogP contribution in [0.1, 0.15) is 19.4 Å². The third-order valence-corrected chi connectivity index (χ3v) is 2.69. The smallest absolute Gasteiger partial charge is 0.191 e. The van der Waals surface area contributed by atoms with E-state index in [4.69, 9.17) is 9.47 Å². The fourth-order valence-electron chi connectivity index (χ4n) is 1.73.